The van der Waals surface area contributed by atoms with Crippen LogP contribution in [0.3, 0.4) is 0 Å². The van der Waals surface area contributed by atoms with E-state index in [1.54, 1.807) is 24.7 Å². The number of nitrogens with zero attached hydrogens (tertiary/aromatic N) is 3. The maximum absolute atomic E-state index is 12.4. The Kier molecular flexibility index (Phi) is 4.02. The van der Waals surface area contributed by atoms with Crippen molar-refractivity contribution in [1.82, 2.24) is 14.5 Å². The molecule has 5 heteroatoms. The molecule has 0 N–H and O–H groups in total. The molecule has 0 atom stereocenters. The number of carbonyl (C=O) groups is 2. The normalized spacial score (nSPS) is 13.0. The fraction of sp³-hybridized carbons (Fsp3) is 0.190. The third kappa shape index (κ3) is 2.86. The van der Waals surface area contributed by atoms with Crippen LogP contribution >= 0.6 is 0 Å². The van der Waals surface area contributed by atoms with Crippen molar-refractivity contribution in [3.05, 3.63) is 89.0 Å². The van der Waals surface area contributed by atoms with Gasteiger partial charge >= 0.3 is 0 Å². The molecule has 2 amide bonds. The van der Waals surface area contributed by atoms with E-state index < -0.39 is 0 Å². The zero-order valence-electron chi connectivity index (χ0n) is 14.4. The van der Waals surface area contributed by atoms with Crippen molar-refractivity contribution in [2.45, 2.75) is 19.9 Å². The molecule has 0 bridgehead atoms. The minimum atomic E-state index is -0.300. The molecule has 4 rings (SSSR count). The summed E-state index contributed by atoms with van der Waals surface area (Å²) in [5.74, 6) is -0.564. The van der Waals surface area contributed by atoms with Crippen molar-refractivity contribution >= 4 is 11.8 Å². The molecule has 26 heavy (non-hydrogen) atoms. The minimum absolute atomic E-state index is 0.264. The van der Waals surface area contributed by atoms with Crippen molar-refractivity contribution in [3.8, 4) is 0 Å². The molecule has 0 fully saturated rings. The van der Waals surface area contributed by atoms with Gasteiger partial charge in [-0.2, -0.15) is 0 Å². The smallest absolute Gasteiger partial charge is 0.270 e. The summed E-state index contributed by atoms with van der Waals surface area (Å²) in [5, 5.41) is 0. The van der Waals surface area contributed by atoms with Crippen LogP contribution in [0.2, 0.25) is 0 Å². The van der Waals surface area contributed by atoms with E-state index in [1.807, 2.05) is 4.57 Å². The van der Waals surface area contributed by atoms with E-state index in [1.165, 1.54) is 16.0 Å². The van der Waals surface area contributed by atoms with Crippen LogP contribution < -0.4 is 0 Å². The maximum atomic E-state index is 12.4. The summed E-state index contributed by atoms with van der Waals surface area (Å²) in [5.41, 5.74) is 4.10. The number of benzene rings is 1. The van der Waals surface area contributed by atoms with Gasteiger partial charge in [0.1, 0.15) is 5.56 Å². The number of aryl methyl sites for hydroxylation is 1. The lowest BCUT2D eigenvalue weighted by atomic mass is 10.1. The Hall–Kier alpha value is -3.39. The highest BCUT2D eigenvalue weighted by Crippen LogP contribution is 2.21. The fourth-order valence-electron chi connectivity index (χ4n) is 3.13. The average Bonchev–Trinajstić information content (AvgIpc) is 3.19. The predicted octanol–water partition coefficient (Wildman–Crippen LogP) is 2.68. The van der Waals surface area contributed by atoms with Crippen molar-refractivity contribution < 1.29 is 9.59 Å². The molecule has 0 saturated heterocycles. The van der Waals surface area contributed by atoms with Crippen LogP contribution in [0, 0.1) is 19.1 Å². The van der Waals surface area contributed by atoms with Gasteiger partial charge in [-0.1, -0.05) is 42.0 Å². The van der Waals surface area contributed by atoms with Crippen LogP contribution in [-0.2, 0) is 13.0 Å². The monoisotopic (exact) mass is 343 g/mol. The number of rotatable bonds is 5. The number of imidazole rings is 1. The average molecular weight is 343 g/mol. The molecular weight excluding hydrogens is 326 g/mol. The first-order valence-electron chi connectivity index (χ1n) is 8.46. The van der Waals surface area contributed by atoms with E-state index in [9.17, 15) is 9.59 Å². The molecule has 0 saturated carbocycles. The Morgan fingerprint density at radius 3 is 2.65 bits per heavy atom. The second-order valence-corrected chi connectivity index (χ2v) is 6.40. The molecule has 0 spiro atoms. The first-order chi connectivity index (χ1) is 12.6. The summed E-state index contributed by atoms with van der Waals surface area (Å²) in [4.78, 5) is 30.3. The number of fused-ring (bicyclic) bond motifs is 1. The highest BCUT2D eigenvalue weighted by Gasteiger charge is 2.35. The van der Waals surface area contributed by atoms with Crippen LogP contribution in [0.5, 0.6) is 0 Å². The van der Waals surface area contributed by atoms with Gasteiger partial charge in [0.15, 0.2) is 0 Å². The van der Waals surface area contributed by atoms with Gasteiger partial charge in [-0.15, -0.1) is 0 Å². The standard InChI is InChI=1S/C21H17N3O2/c1-15-6-8-16(9-7-15)13-23-14-22-12-17(23)10-11-24-20(25)18-4-2-3-5-19(18)21(24)26/h2,4,6-9,12,14H,10-11,13H2,1H3. The van der Waals surface area contributed by atoms with E-state index >= 15 is 0 Å². The topological polar surface area (TPSA) is 55.2 Å². The van der Waals surface area contributed by atoms with E-state index in [4.69, 9.17) is 0 Å². The molecule has 128 valence electrons. The lowest BCUT2D eigenvalue weighted by Crippen LogP contribution is -2.32. The first-order valence-corrected chi connectivity index (χ1v) is 8.46. The van der Waals surface area contributed by atoms with E-state index in [2.05, 4.69) is 48.3 Å². The summed E-state index contributed by atoms with van der Waals surface area (Å²) in [6, 6.07) is 17.1. The van der Waals surface area contributed by atoms with Gasteiger partial charge in [0, 0.05) is 31.4 Å². The van der Waals surface area contributed by atoms with Crippen molar-refractivity contribution in [2.24, 2.45) is 0 Å². The van der Waals surface area contributed by atoms with Gasteiger partial charge in [0.25, 0.3) is 11.8 Å². The second kappa shape index (κ2) is 6.49. The van der Waals surface area contributed by atoms with Crippen molar-refractivity contribution in [2.75, 3.05) is 6.54 Å². The quantitative estimate of drug-likeness (QED) is 0.669. The third-order valence-corrected chi connectivity index (χ3v) is 4.60. The van der Waals surface area contributed by atoms with E-state index in [0.717, 1.165) is 5.69 Å². The largest absolute Gasteiger partial charge is 0.330 e. The number of amides is 2. The van der Waals surface area contributed by atoms with Crippen LogP contribution in [0.4, 0.5) is 0 Å². The minimum Gasteiger partial charge on any atom is -0.330 e. The van der Waals surface area contributed by atoms with Crippen LogP contribution in [0.25, 0.3) is 0 Å². The Labute approximate surface area is 151 Å². The van der Waals surface area contributed by atoms with Gasteiger partial charge in [0.2, 0.25) is 0 Å². The molecule has 3 aromatic rings. The zero-order chi connectivity index (χ0) is 18.1. The number of hydrogen-bond acceptors (Lipinski definition) is 3. The van der Waals surface area contributed by atoms with Crippen LogP contribution in [0.1, 0.15) is 37.5 Å². The Morgan fingerprint density at radius 1 is 1.08 bits per heavy atom. The van der Waals surface area contributed by atoms with E-state index in [0.29, 0.717) is 30.6 Å². The Morgan fingerprint density at radius 2 is 1.88 bits per heavy atom. The molecular formula is C21H17N3O2. The predicted molar refractivity (Wildman–Crippen MR) is 95.7 cm³/mol. The molecule has 0 unspecified atom stereocenters. The molecule has 5 nitrogen and oxygen atoms in total. The lowest BCUT2D eigenvalue weighted by molar-refractivity contribution is 0.0655. The summed E-state index contributed by atoms with van der Waals surface area (Å²) in [6.07, 6.45) is 4.12. The zero-order valence-corrected chi connectivity index (χ0v) is 14.4. The maximum Gasteiger partial charge on any atom is 0.270 e. The molecule has 0 radical (unpaired) electrons. The SMILES string of the molecule is Cc1ccc(Cn2cncc2CCN2C(=O)c3c#cccc3C2=O)cc1. The third-order valence-electron chi connectivity index (χ3n) is 4.60. The molecule has 0 aliphatic carbocycles. The van der Waals surface area contributed by atoms with Gasteiger partial charge in [-0.3, -0.25) is 14.5 Å². The molecule has 1 aromatic heterocycles. The molecule has 2 aromatic carbocycles. The van der Waals surface area contributed by atoms with Crippen molar-refractivity contribution in [1.29, 1.82) is 0 Å². The molecule has 1 aliphatic rings. The number of carbonyl (C=O) groups excluding carboxylic acids is 2. The van der Waals surface area contributed by atoms with Gasteiger partial charge in [-0.25, -0.2) is 4.98 Å². The summed E-state index contributed by atoms with van der Waals surface area (Å²) in [6.45, 7) is 3.09. The number of imide groups is 1. The number of aromatic nitrogens is 2. The number of hydrogen-bond donors (Lipinski definition) is 0. The molecule has 1 aliphatic heterocycles. The Balaban J connectivity index is 1.47. The summed E-state index contributed by atoms with van der Waals surface area (Å²) >= 11 is 0. The van der Waals surface area contributed by atoms with Crippen LogP contribution in [-0.4, -0.2) is 32.8 Å². The van der Waals surface area contributed by atoms with Gasteiger partial charge in [0.05, 0.1) is 11.9 Å². The van der Waals surface area contributed by atoms with Gasteiger partial charge < -0.3 is 4.57 Å². The lowest BCUT2D eigenvalue weighted by Gasteiger charge is -2.14. The van der Waals surface area contributed by atoms with E-state index in [-0.39, 0.29) is 11.8 Å². The summed E-state index contributed by atoms with van der Waals surface area (Å²) < 4.78 is 2.04. The van der Waals surface area contributed by atoms with Crippen molar-refractivity contribution in [3.63, 3.8) is 0 Å². The first kappa shape index (κ1) is 16.1. The highest BCUT2D eigenvalue weighted by molar-refractivity contribution is 6.20. The second-order valence-electron chi connectivity index (χ2n) is 6.40. The fourth-order valence-corrected chi connectivity index (χ4v) is 3.13. The summed E-state index contributed by atoms with van der Waals surface area (Å²) in [7, 11) is 0. The highest BCUT2D eigenvalue weighted by atomic mass is 16.2. The Bertz CT molecular complexity index is 938. The molecule has 2 heterocycles. The van der Waals surface area contributed by atoms with Gasteiger partial charge in [-0.05, 0) is 24.6 Å². The van der Waals surface area contributed by atoms with Crippen LogP contribution in [0.15, 0.2) is 48.9 Å².